The third kappa shape index (κ3) is 3.97. The Morgan fingerprint density at radius 3 is 2.71 bits per heavy atom. The van der Waals surface area contributed by atoms with Crippen LogP contribution in [0.5, 0.6) is 0 Å². The van der Waals surface area contributed by atoms with Gasteiger partial charge < -0.3 is 9.64 Å². The second-order valence-electron chi connectivity index (χ2n) is 5.62. The fraction of sp³-hybridized carbons (Fsp3) is 0.222. The number of rotatable bonds is 4. The fourth-order valence-electron chi connectivity index (χ4n) is 2.61. The van der Waals surface area contributed by atoms with Crippen LogP contribution in [-0.4, -0.2) is 18.4 Å². The minimum absolute atomic E-state index is 0.0946. The number of hydrogen-bond acceptors (Lipinski definition) is 3. The van der Waals surface area contributed by atoms with Crippen LogP contribution >= 0.6 is 27.5 Å². The van der Waals surface area contributed by atoms with Crippen molar-refractivity contribution < 1.29 is 14.3 Å². The summed E-state index contributed by atoms with van der Waals surface area (Å²) in [5.74, 6) is -0.898. The van der Waals surface area contributed by atoms with E-state index in [2.05, 4.69) is 15.9 Å². The zero-order valence-corrected chi connectivity index (χ0v) is 15.1. The molecule has 0 radical (unpaired) electrons. The van der Waals surface area contributed by atoms with E-state index in [9.17, 15) is 9.59 Å². The van der Waals surface area contributed by atoms with Crippen LogP contribution in [0.25, 0.3) is 0 Å². The zero-order chi connectivity index (χ0) is 17.1. The quantitative estimate of drug-likeness (QED) is 0.712. The van der Waals surface area contributed by atoms with Crippen LogP contribution in [0.3, 0.4) is 0 Å². The lowest BCUT2D eigenvalue weighted by molar-refractivity contribution is -0.149. The van der Waals surface area contributed by atoms with Crippen LogP contribution in [-0.2, 0) is 20.9 Å². The summed E-state index contributed by atoms with van der Waals surface area (Å²) in [6.07, 6.45) is 0.158. The molecule has 0 bridgehead atoms. The van der Waals surface area contributed by atoms with Crippen LogP contribution in [0.1, 0.15) is 12.0 Å². The van der Waals surface area contributed by atoms with Gasteiger partial charge in [0, 0.05) is 28.1 Å². The molecule has 0 saturated carbocycles. The summed E-state index contributed by atoms with van der Waals surface area (Å²) in [4.78, 5) is 26.0. The molecule has 4 nitrogen and oxygen atoms in total. The maximum absolute atomic E-state index is 12.2. The predicted octanol–water partition coefficient (Wildman–Crippen LogP) is 4.20. The average molecular weight is 409 g/mol. The predicted molar refractivity (Wildman–Crippen MR) is 95.9 cm³/mol. The molecule has 3 rings (SSSR count). The molecule has 1 aliphatic heterocycles. The number of esters is 1. The van der Waals surface area contributed by atoms with Gasteiger partial charge in [-0.2, -0.15) is 0 Å². The Bertz CT molecular complexity index is 763. The van der Waals surface area contributed by atoms with Crippen molar-refractivity contribution in [3.8, 4) is 0 Å². The summed E-state index contributed by atoms with van der Waals surface area (Å²) in [7, 11) is 0. The molecule has 1 fully saturated rings. The second kappa shape index (κ2) is 7.36. The van der Waals surface area contributed by atoms with E-state index in [0.29, 0.717) is 17.3 Å². The van der Waals surface area contributed by atoms with E-state index >= 15 is 0 Å². The van der Waals surface area contributed by atoms with Crippen molar-refractivity contribution in [2.24, 2.45) is 5.92 Å². The van der Waals surface area contributed by atoms with Crippen LogP contribution in [0, 0.1) is 5.92 Å². The summed E-state index contributed by atoms with van der Waals surface area (Å²) in [6.45, 7) is 0.520. The lowest BCUT2D eigenvalue weighted by Gasteiger charge is -2.16. The first-order valence-electron chi connectivity index (χ1n) is 7.50. The van der Waals surface area contributed by atoms with Crippen molar-refractivity contribution in [2.45, 2.75) is 13.0 Å². The van der Waals surface area contributed by atoms with E-state index in [1.54, 1.807) is 29.2 Å². The first-order chi connectivity index (χ1) is 11.5. The van der Waals surface area contributed by atoms with E-state index in [-0.39, 0.29) is 24.9 Å². The van der Waals surface area contributed by atoms with Crippen LogP contribution in [0.4, 0.5) is 5.69 Å². The maximum atomic E-state index is 12.2. The molecule has 0 N–H and O–H groups in total. The van der Waals surface area contributed by atoms with Gasteiger partial charge in [-0.1, -0.05) is 45.7 Å². The van der Waals surface area contributed by atoms with Gasteiger partial charge in [-0.05, 0) is 35.9 Å². The maximum Gasteiger partial charge on any atom is 0.311 e. The van der Waals surface area contributed by atoms with Crippen molar-refractivity contribution in [1.82, 2.24) is 0 Å². The van der Waals surface area contributed by atoms with Crippen molar-refractivity contribution in [2.75, 3.05) is 11.4 Å². The normalized spacial score (nSPS) is 17.2. The van der Waals surface area contributed by atoms with Gasteiger partial charge in [0.15, 0.2) is 0 Å². The number of anilines is 1. The molecule has 1 saturated heterocycles. The third-order valence-electron chi connectivity index (χ3n) is 3.87. The smallest absolute Gasteiger partial charge is 0.311 e. The molecule has 0 spiro atoms. The van der Waals surface area contributed by atoms with E-state index in [4.69, 9.17) is 16.3 Å². The Kier molecular flexibility index (Phi) is 5.21. The molecule has 6 heteroatoms. The Labute approximate surface area is 153 Å². The lowest BCUT2D eigenvalue weighted by atomic mass is 10.1. The number of hydrogen-bond donors (Lipinski definition) is 0. The molecule has 24 heavy (non-hydrogen) atoms. The van der Waals surface area contributed by atoms with E-state index < -0.39 is 5.92 Å². The summed E-state index contributed by atoms with van der Waals surface area (Å²) in [5.41, 5.74) is 1.61. The minimum atomic E-state index is -0.452. The molecule has 0 aliphatic carbocycles. The molecule has 2 aromatic carbocycles. The highest BCUT2D eigenvalue weighted by Crippen LogP contribution is 2.28. The van der Waals surface area contributed by atoms with Gasteiger partial charge in [0.05, 0.1) is 5.92 Å². The van der Waals surface area contributed by atoms with Crippen LogP contribution in [0.15, 0.2) is 53.0 Å². The number of amides is 1. The topological polar surface area (TPSA) is 46.6 Å². The summed E-state index contributed by atoms with van der Waals surface area (Å²) < 4.78 is 6.32. The van der Waals surface area contributed by atoms with Crippen molar-refractivity contribution in [3.05, 3.63) is 63.6 Å². The molecule has 1 aliphatic rings. The van der Waals surface area contributed by atoms with E-state index in [1.165, 1.54) is 0 Å². The van der Waals surface area contributed by atoms with E-state index in [1.807, 2.05) is 24.3 Å². The number of ether oxygens (including phenoxy) is 1. The molecule has 124 valence electrons. The Hall–Kier alpha value is -1.85. The molecular weight excluding hydrogens is 394 g/mol. The largest absolute Gasteiger partial charge is 0.461 e. The Balaban J connectivity index is 1.60. The highest BCUT2D eigenvalue weighted by atomic mass is 79.9. The second-order valence-corrected chi connectivity index (χ2v) is 6.97. The average Bonchev–Trinajstić information content (AvgIpc) is 2.96. The van der Waals surface area contributed by atoms with Gasteiger partial charge in [-0.25, -0.2) is 0 Å². The zero-order valence-electron chi connectivity index (χ0n) is 12.7. The Morgan fingerprint density at radius 1 is 1.25 bits per heavy atom. The third-order valence-corrected chi connectivity index (χ3v) is 4.64. The van der Waals surface area contributed by atoms with Gasteiger partial charge >= 0.3 is 5.97 Å². The van der Waals surface area contributed by atoms with Crippen LogP contribution in [0.2, 0.25) is 5.02 Å². The van der Waals surface area contributed by atoms with Crippen molar-refractivity contribution in [3.63, 3.8) is 0 Å². The number of carbonyl (C=O) groups is 2. The molecular formula is C18H15BrClNO3. The van der Waals surface area contributed by atoms with Crippen LogP contribution < -0.4 is 4.90 Å². The first kappa shape index (κ1) is 17.0. The molecule has 0 unspecified atom stereocenters. The molecule has 2 aromatic rings. The minimum Gasteiger partial charge on any atom is -0.461 e. The summed E-state index contributed by atoms with van der Waals surface area (Å²) >= 11 is 9.33. The SMILES string of the molecule is O=C(OCc1ccc(Br)cc1)[C@@H]1CC(=O)N(c2cccc(Cl)c2)C1. The van der Waals surface area contributed by atoms with Crippen molar-refractivity contribution >= 4 is 45.1 Å². The van der Waals surface area contributed by atoms with Gasteiger partial charge in [-0.3, -0.25) is 9.59 Å². The Morgan fingerprint density at radius 2 is 2.00 bits per heavy atom. The van der Waals surface area contributed by atoms with Gasteiger partial charge in [-0.15, -0.1) is 0 Å². The van der Waals surface area contributed by atoms with Gasteiger partial charge in [0.1, 0.15) is 6.61 Å². The monoisotopic (exact) mass is 407 g/mol. The van der Waals surface area contributed by atoms with Crippen molar-refractivity contribution in [1.29, 1.82) is 0 Å². The number of carbonyl (C=O) groups excluding carboxylic acids is 2. The van der Waals surface area contributed by atoms with Gasteiger partial charge in [0.25, 0.3) is 0 Å². The summed E-state index contributed by atoms with van der Waals surface area (Å²) in [5, 5.41) is 0.557. The molecule has 1 amide bonds. The first-order valence-corrected chi connectivity index (χ1v) is 8.67. The lowest BCUT2D eigenvalue weighted by Crippen LogP contribution is -2.26. The number of nitrogens with zero attached hydrogens (tertiary/aromatic N) is 1. The number of halogens is 2. The molecule has 1 heterocycles. The molecule has 1 atom stereocenters. The highest BCUT2D eigenvalue weighted by molar-refractivity contribution is 9.10. The van der Waals surface area contributed by atoms with E-state index in [0.717, 1.165) is 10.0 Å². The van der Waals surface area contributed by atoms with Gasteiger partial charge in [0.2, 0.25) is 5.91 Å². The number of benzene rings is 2. The molecule has 0 aromatic heterocycles. The fourth-order valence-corrected chi connectivity index (χ4v) is 3.06. The highest BCUT2D eigenvalue weighted by Gasteiger charge is 2.36. The standard InChI is InChI=1S/C18H15BrClNO3/c19-14-6-4-12(5-7-14)11-24-18(23)13-8-17(22)21(10-13)16-3-1-2-15(20)9-16/h1-7,9,13H,8,10-11H2/t13-/m1/s1. The summed E-state index contributed by atoms with van der Waals surface area (Å²) in [6, 6.07) is 14.6.